The number of fused-ring (bicyclic) bond motifs is 3. The van der Waals surface area contributed by atoms with Crippen LogP contribution in [0, 0.1) is 52.8 Å². The largest absolute Gasteiger partial charge is 0.507 e. The molecule has 44 heavy (non-hydrogen) atoms. The molecule has 1 amide bonds. The zero-order valence-electron chi connectivity index (χ0n) is 25.3. The standard InChI is InChI=1S/C34H40N2O8/c1-14-18-5-4-6-20(37)23(18)28(39)24-22(14)19(10-21(38)33-11-15-7-16(12-33)9-17(8-15)13-33)26-27(36(2)3)29(40)25(32(35)43)31(42)34(26,44)30(24)41/h4-6,14-17,19,22,24-27,37,44H,7-13H2,1-3H3,(H2,35,43)/t14-,15?,16?,17?,19-,22-,24?,25?,26-,27-,33?,34-/m0/s1. The summed E-state index contributed by atoms with van der Waals surface area (Å²) in [5, 5.41) is 23.1. The average Bonchev–Trinajstić information content (AvgIpc) is 2.93. The molecule has 4 N–H and O–H groups in total. The summed E-state index contributed by atoms with van der Waals surface area (Å²) < 4.78 is 0. The van der Waals surface area contributed by atoms with Gasteiger partial charge in [0.15, 0.2) is 34.7 Å². The number of phenolic OH excluding ortho intramolecular Hbond substituents is 1. The predicted molar refractivity (Wildman–Crippen MR) is 155 cm³/mol. The molecule has 0 spiro atoms. The maximum Gasteiger partial charge on any atom is 0.235 e. The second kappa shape index (κ2) is 9.63. The summed E-state index contributed by atoms with van der Waals surface area (Å²) in [5.41, 5.74) is 2.56. The molecule has 0 saturated heterocycles. The van der Waals surface area contributed by atoms with E-state index >= 15 is 0 Å². The fourth-order valence-electron chi connectivity index (χ4n) is 11.3. The first-order chi connectivity index (χ1) is 20.7. The third-order valence-corrected chi connectivity index (χ3v) is 12.6. The number of amides is 1. The Kier molecular flexibility index (Phi) is 6.45. The number of benzene rings is 1. The number of carbonyl (C=O) groups is 6. The Morgan fingerprint density at radius 1 is 0.977 bits per heavy atom. The first-order valence-corrected chi connectivity index (χ1v) is 15.9. The molecule has 8 atom stereocenters. The van der Waals surface area contributed by atoms with Gasteiger partial charge in [0.25, 0.3) is 0 Å². The lowest BCUT2D eigenvalue weighted by Gasteiger charge is -2.59. The van der Waals surface area contributed by atoms with Crippen LogP contribution in [0.2, 0.25) is 0 Å². The van der Waals surface area contributed by atoms with Crippen LogP contribution < -0.4 is 5.73 Å². The van der Waals surface area contributed by atoms with E-state index in [4.69, 9.17) is 5.73 Å². The van der Waals surface area contributed by atoms with Crippen LogP contribution >= 0.6 is 0 Å². The third kappa shape index (κ3) is 3.73. The van der Waals surface area contributed by atoms with E-state index in [0.717, 1.165) is 38.5 Å². The van der Waals surface area contributed by atoms with Gasteiger partial charge in [-0.1, -0.05) is 19.1 Å². The average molecular weight is 605 g/mol. The lowest BCUT2D eigenvalue weighted by atomic mass is 9.44. The van der Waals surface area contributed by atoms with Crippen molar-refractivity contribution in [2.24, 2.45) is 58.5 Å². The normalized spacial score (nSPS) is 43.9. The quantitative estimate of drug-likeness (QED) is 0.424. The van der Waals surface area contributed by atoms with E-state index in [1.807, 2.05) is 6.92 Å². The lowest BCUT2D eigenvalue weighted by Crippen LogP contribution is -2.76. The summed E-state index contributed by atoms with van der Waals surface area (Å²) in [6.45, 7) is 1.82. The van der Waals surface area contributed by atoms with Crippen LogP contribution in [0.3, 0.4) is 0 Å². The molecule has 234 valence electrons. The maximum absolute atomic E-state index is 14.7. The van der Waals surface area contributed by atoms with E-state index in [9.17, 15) is 39.0 Å². The third-order valence-electron chi connectivity index (χ3n) is 12.6. The number of likely N-dealkylation sites (N-methyl/N-ethyl adjacent to an activating group) is 1. The van der Waals surface area contributed by atoms with Gasteiger partial charge in [0.1, 0.15) is 11.5 Å². The van der Waals surface area contributed by atoms with Crippen LogP contribution in [0.25, 0.3) is 0 Å². The van der Waals surface area contributed by atoms with Gasteiger partial charge >= 0.3 is 0 Å². The lowest BCUT2D eigenvalue weighted by molar-refractivity contribution is -0.191. The summed E-state index contributed by atoms with van der Waals surface area (Å²) in [6.07, 6.45) is 5.64. The smallest absolute Gasteiger partial charge is 0.235 e. The van der Waals surface area contributed by atoms with E-state index < -0.39 is 81.6 Å². The van der Waals surface area contributed by atoms with Crippen LogP contribution in [0.5, 0.6) is 5.75 Å². The number of rotatable bonds is 5. The Morgan fingerprint density at radius 3 is 2.11 bits per heavy atom. The second-order valence-corrected chi connectivity index (χ2v) is 15.1. The zero-order valence-corrected chi connectivity index (χ0v) is 25.3. The maximum atomic E-state index is 14.7. The second-order valence-electron chi connectivity index (χ2n) is 15.1. The molecular weight excluding hydrogens is 564 g/mol. The molecule has 0 aromatic heterocycles. The molecule has 6 saturated carbocycles. The van der Waals surface area contributed by atoms with Crippen LogP contribution in [0.1, 0.15) is 73.7 Å². The van der Waals surface area contributed by atoms with Crippen molar-refractivity contribution in [3.05, 3.63) is 29.3 Å². The van der Waals surface area contributed by atoms with Crippen molar-refractivity contribution in [3.63, 3.8) is 0 Å². The topological polar surface area (TPSA) is 172 Å². The first kappa shape index (κ1) is 29.5. The minimum Gasteiger partial charge on any atom is -0.507 e. The van der Waals surface area contributed by atoms with E-state index in [2.05, 4.69) is 0 Å². The number of ketones is 5. The summed E-state index contributed by atoms with van der Waals surface area (Å²) in [5.74, 6) is -11.3. The number of nitrogens with two attached hydrogens (primary N) is 1. The summed E-state index contributed by atoms with van der Waals surface area (Å²) in [6, 6.07) is 3.39. The van der Waals surface area contributed by atoms with Gasteiger partial charge in [-0.05, 0) is 99.8 Å². The Hall–Kier alpha value is -3.24. The molecular formula is C34H40N2O8. The van der Waals surface area contributed by atoms with Crippen LogP contribution in [-0.2, 0) is 24.0 Å². The molecule has 7 aliphatic carbocycles. The highest BCUT2D eigenvalue weighted by atomic mass is 16.3. The molecule has 7 aliphatic rings. The van der Waals surface area contributed by atoms with Crippen LogP contribution in [-0.4, -0.2) is 75.7 Å². The minimum absolute atomic E-state index is 0.00725. The minimum atomic E-state index is -2.90. The van der Waals surface area contributed by atoms with Gasteiger partial charge in [0.2, 0.25) is 5.91 Å². The number of carbonyl (C=O) groups excluding carboxylic acids is 6. The summed E-state index contributed by atoms with van der Waals surface area (Å²) in [7, 11) is 3.13. The molecule has 1 aromatic rings. The van der Waals surface area contributed by atoms with Gasteiger partial charge in [0, 0.05) is 17.8 Å². The Bertz CT molecular complexity index is 1500. The number of aliphatic hydroxyl groups is 1. The van der Waals surface area contributed by atoms with E-state index in [1.165, 1.54) is 11.0 Å². The fourth-order valence-corrected chi connectivity index (χ4v) is 11.3. The molecule has 10 nitrogen and oxygen atoms in total. The van der Waals surface area contributed by atoms with Crippen LogP contribution in [0.4, 0.5) is 0 Å². The van der Waals surface area contributed by atoms with Crippen molar-refractivity contribution < 1.29 is 39.0 Å². The van der Waals surface area contributed by atoms with Gasteiger partial charge in [-0.25, -0.2) is 0 Å². The highest BCUT2D eigenvalue weighted by Gasteiger charge is 2.73. The van der Waals surface area contributed by atoms with Crippen molar-refractivity contribution in [1.29, 1.82) is 0 Å². The Morgan fingerprint density at radius 2 is 1.57 bits per heavy atom. The van der Waals surface area contributed by atoms with Gasteiger partial charge < -0.3 is 15.9 Å². The van der Waals surface area contributed by atoms with Gasteiger partial charge in [-0.3, -0.25) is 33.7 Å². The molecule has 0 radical (unpaired) electrons. The van der Waals surface area contributed by atoms with Crippen molar-refractivity contribution in [1.82, 2.24) is 4.90 Å². The SMILES string of the molecule is C[C@H]1c2cccc(O)c2C(=O)C2C(=O)[C@]3(O)C(=O)C(C(N)=O)C(=O)[C@@H](N(C)C)[C@@H]3[C@@H](CC(=O)C34CC5CC(CC(C5)C3)C4)[C@@H]21. The molecule has 4 bridgehead atoms. The van der Waals surface area contributed by atoms with Crippen LogP contribution in [0.15, 0.2) is 18.2 Å². The van der Waals surface area contributed by atoms with Gasteiger partial charge in [-0.15, -0.1) is 0 Å². The van der Waals surface area contributed by atoms with Crippen molar-refractivity contribution in [2.45, 2.75) is 69.4 Å². The number of primary amides is 1. The number of hydrogen-bond donors (Lipinski definition) is 3. The van der Waals surface area contributed by atoms with Crippen molar-refractivity contribution in [2.75, 3.05) is 14.1 Å². The molecule has 10 heteroatoms. The molecule has 6 fully saturated rings. The van der Waals surface area contributed by atoms with E-state index in [1.54, 1.807) is 26.2 Å². The van der Waals surface area contributed by atoms with Gasteiger partial charge in [0.05, 0.1) is 17.5 Å². The number of aromatic hydroxyl groups is 1. The zero-order chi connectivity index (χ0) is 31.6. The highest BCUT2D eigenvalue weighted by molar-refractivity contribution is 6.32. The summed E-state index contributed by atoms with van der Waals surface area (Å²) >= 11 is 0. The number of hydrogen-bond acceptors (Lipinski definition) is 9. The first-order valence-electron chi connectivity index (χ1n) is 15.9. The number of nitrogens with zero attached hydrogens (tertiary/aromatic N) is 1. The molecule has 1 aromatic carbocycles. The van der Waals surface area contributed by atoms with E-state index in [0.29, 0.717) is 23.3 Å². The predicted octanol–water partition coefficient (Wildman–Crippen LogP) is 1.83. The highest BCUT2D eigenvalue weighted by Crippen LogP contribution is 2.63. The molecule has 0 heterocycles. The Labute approximate surface area is 255 Å². The van der Waals surface area contributed by atoms with Crippen molar-refractivity contribution in [3.8, 4) is 5.75 Å². The number of phenols is 1. The summed E-state index contributed by atoms with van der Waals surface area (Å²) in [4.78, 5) is 85.0. The fraction of sp³-hybridized carbons (Fsp3) is 0.647. The number of Topliss-reactive ketones (excluding diaryl/α,β-unsaturated/α-hetero) is 5. The monoisotopic (exact) mass is 604 g/mol. The molecule has 2 unspecified atom stereocenters. The van der Waals surface area contributed by atoms with E-state index in [-0.39, 0.29) is 23.5 Å². The molecule has 8 rings (SSSR count). The van der Waals surface area contributed by atoms with Crippen molar-refractivity contribution >= 4 is 34.8 Å². The Balaban J connectivity index is 1.41. The van der Waals surface area contributed by atoms with Gasteiger partial charge in [-0.2, -0.15) is 0 Å². The molecule has 0 aliphatic heterocycles.